The number of nitrogens with one attached hydrogen (secondary N) is 2. The van der Waals surface area contributed by atoms with Gasteiger partial charge in [0.2, 0.25) is 21.1 Å². The first-order valence-electron chi connectivity index (χ1n) is 5.78. The molecule has 0 atom stereocenters. The molecule has 112 valence electrons. The molecule has 1 amide bonds. The van der Waals surface area contributed by atoms with E-state index in [1.807, 2.05) is 0 Å². The van der Waals surface area contributed by atoms with Crippen molar-refractivity contribution in [2.75, 3.05) is 11.9 Å². The molecule has 2 rings (SSSR count). The summed E-state index contributed by atoms with van der Waals surface area (Å²) in [6.45, 7) is -0.0283. The van der Waals surface area contributed by atoms with Crippen molar-refractivity contribution < 1.29 is 13.2 Å². The van der Waals surface area contributed by atoms with Gasteiger partial charge in [0.1, 0.15) is 5.51 Å². The smallest absolute Gasteiger partial charge is 0.240 e. The van der Waals surface area contributed by atoms with Gasteiger partial charge in [-0.25, -0.2) is 13.1 Å². The molecule has 0 aliphatic rings. The van der Waals surface area contributed by atoms with E-state index in [1.165, 1.54) is 29.0 Å². The third-order valence-corrected chi connectivity index (χ3v) is 4.66. The number of anilines is 1. The van der Waals surface area contributed by atoms with E-state index in [-0.39, 0.29) is 23.8 Å². The molecule has 0 aliphatic heterocycles. The molecular weight excluding hydrogens is 336 g/mol. The average molecular weight is 347 g/mol. The summed E-state index contributed by atoms with van der Waals surface area (Å²) < 4.78 is 26.3. The average Bonchev–Trinajstić information content (AvgIpc) is 2.91. The van der Waals surface area contributed by atoms with Crippen LogP contribution in [0.2, 0.25) is 5.02 Å². The van der Waals surface area contributed by atoms with Gasteiger partial charge in [0, 0.05) is 18.0 Å². The number of benzene rings is 1. The van der Waals surface area contributed by atoms with E-state index in [2.05, 4.69) is 20.2 Å². The molecule has 0 spiro atoms. The Hall–Kier alpha value is -1.55. The standard InChI is InChI=1S/C11H11ClN4O3S2/c12-8-2-1-3-9(6-8)21(18,19)14-5-4-10(17)15-11-16-13-7-20-11/h1-3,6-7,14H,4-5H2,(H,15,16,17). The second kappa shape index (κ2) is 6.94. The lowest BCUT2D eigenvalue weighted by Gasteiger charge is -2.06. The second-order valence-corrected chi connectivity index (χ2v) is 6.93. The van der Waals surface area contributed by atoms with Crippen molar-refractivity contribution in [3.05, 3.63) is 34.8 Å². The van der Waals surface area contributed by atoms with Gasteiger partial charge < -0.3 is 5.32 Å². The minimum absolute atomic E-state index is 0.0145. The van der Waals surface area contributed by atoms with Crippen LogP contribution in [-0.4, -0.2) is 31.1 Å². The van der Waals surface area contributed by atoms with Crippen LogP contribution in [0, 0.1) is 0 Å². The summed E-state index contributed by atoms with van der Waals surface area (Å²) in [5.74, 6) is -0.347. The fraction of sp³-hybridized carbons (Fsp3) is 0.182. The van der Waals surface area contributed by atoms with E-state index in [9.17, 15) is 13.2 Å². The quantitative estimate of drug-likeness (QED) is 0.825. The van der Waals surface area contributed by atoms with Crippen molar-refractivity contribution in [3.8, 4) is 0 Å². The van der Waals surface area contributed by atoms with E-state index in [4.69, 9.17) is 11.6 Å². The SMILES string of the molecule is O=C(CCNS(=O)(=O)c1cccc(Cl)c1)Nc1nncs1. The topological polar surface area (TPSA) is 101 Å². The lowest BCUT2D eigenvalue weighted by atomic mass is 10.4. The van der Waals surface area contributed by atoms with Crippen LogP contribution >= 0.6 is 22.9 Å². The van der Waals surface area contributed by atoms with Crippen LogP contribution in [0.5, 0.6) is 0 Å². The van der Waals surface area contributed by atoms with Crippen LogP contribution in [-0.2, 0) is 14.8 Å². The predicted molar refractivity (Wildman–Crippen MR) is 79.8 cm³/mol. The normalized spacial score (nSPS) is 11.3. The zero-order valence-electron chi connectivity index (χ0n) is 10.6. The van der Waals surface area contributed by atoms with Crippen LogP contribution < -0.4 is 10.0 Å². The van der Waals surface area contributed by atoms with Crippen molar-refractivity contribution in [2.45, 2.75) is 11.3 Å². The highest BCUT2D eigenvalue weighted by molar-refractivity contribution is 7.89. The predicted octanol–water partition coefficient (Wildman–Crippen LogP) is 1.50. The highest BCUT2D eigenvalue weighted by Crippen LogP contribution is 2.15. The highest BCUT2D eigenvalue weighted by Gasteiger charge is 2.14. The first-order chi connectivity index (χ1) is 9.97. The van der Waals surface area contributed by atoms with Gasteiger partial charge in [-0.2, -0.15) is 0 Å². The Morgan fingerprint density at radius 3 is 2.86 bits per heavy atom. The Morgan fingerprint density at radius 1 is 1.38 bits per heavy atom. The Labute approximate surface area is 130 Å². The molecule has 2 N–H and O–H groups in total. The zero-order valence-corrected chi connectivity index (χ0v) is 13.0. The maximum absolute atomic E-state index is 12.0. The lowest BCUT2D eigenvalue weighted by molar-refractivity contribution is -0.116. The Balaban J connectivity index is 1.86. The number of carbonyl (C=O) groups is 1. The van der Waals surface area contributed by atoms with Gasteiger partial charge in [-0.1, -0.05) is 29.0 Å². The van der Waals surface area contributed by atoms with Gasteiger partial charge in [0.05, 0.1) is 4.90 Å². The molecule has 10 heteroatoms. The van der Waals surface area contributed by atoms with E-state index >= 15 is 0 Å². The van der Waals surface area contributed by atoms with Crippen molar-refractivity contribution in [2.24, 2.45) is 0 Å². The van der Waals surface area contributed by atoms with Gasteiger partial charge >= 0.3 is 0 Å². The summed E-state index contributed by atoms with van der Waals surface area (Å²) in [7, 11) is -3.68. The van der Waals surface area contributed by atoms with Gasteiger partial charge in [0.15, 0.2) is 0 Å². The van der Waals surface area contributed by atoms with Crippen LogP contribution in [0.1, 0.15) is 6.42 Å². The molecule has 0 unspecified atom stereocenters. The Morgan fingerprint density at radius 2 is 2.19 bits per heavy atom. The number of carbonyl (C=O) groups excluding carboxylic acids is 1. The molecule has 2 aromatic rings. The fourth-order valence-electron chi connectivity index (χ4n) is 1.43. The van der Waals surface area contributed by atoms with Crippen molar-refractivity contribution in [1.29, 1.82) is 0 Å². The van der Waals surface area contributed by atoms with Gasteiger partial charge in [-0.3, -0.25) is 4.79 Å². The second-order valence-electron chi connectivity index (χ2n) is 3.90. The maximum Gasteiger partial charge on any atom is 0.240 e. The minimum atomic E-state index is -3.68. The number of halogens is 1. The van der Waals surface area contributed by atoms with E-state index < -0.39 is 10.0 Å². The summed E-state index contributed by atoms with van der Waals surface area (Å²) >= 11 is 6.93. The number of aromatic nitrogens is 2. The first kappa shape index (κ1) is 15.8. The third-order valence-electron chi connectivity index (χ3n) is 2.36. The van der Waals surface area contributed by atoms with Crippen LogP contribution in [0.15, 0.2) is 34.7 Å². The number of rotatable bonds is 6. The van der Waals surface area contributed by atoms with E-state index in [0.717, 1.165) is 0 Å². The van der Waals surface area contributed by atoms with Crippen molar-refractivity contribution >= 4 is 44.0 Å². The molecule has 1 aromatic carbocycles. The van der Waals surface area contributed by atoms with Crippen LogP contribution in [0.3, 0.4) is 0 Å². The minimum Gasteiger partial charge on any atom is -0.300 e. The van der Waals surface area contributed by atoms with Gasteiger partial charge in [-0.05, 0) is 18.2 Å². The molecular formula is C11H11ClN4O3S2. The summed E-state index contributed by atoms with van der Waals surface area (Å²) in [5, 5.41) is 10.4. The zero-order chi connectivity index (χ0) is 15.3. The van der Waals surface area contributed by atoms with Crippen molar-refractivity contribution in [3.63, 3.8) is 0 Å². The number of amides is 1. The summed E-state index contributed by atoms with van der Waals surface area (Å²) in [6.07, 6.45) is -0.0145. The van der Waals surface area contributed by atoms with Gasteiger partial charge in [-0.15, -0.1) is 10.2 Å². The van der Waals surface area contributed by atoms with E-state index in [1.54, 1.807) is 12.1 Å². The number of nitrogens with zero attached hydrogens (tertiary/aromatic N) is 2. The number of hydrogen-bond donors (Lipinski definition) is 2. The molecule has 0 radical (unpaired) electrons. The van der Waals surface area contributed by atoms with Crippen LogP contribution in [0.4, 0.5) is 5.13 Å². The Kier molecular flexibility index (Phi) is 5.23. The fourth-order valence-corrected chi connectivity index (χ4v) is 3.22. The Bertz CT molecular complexity index is 719. The summed E-state index contributed by atoms with van der Waals surface area (Å²) in [5.41, 5.74) is 1.48. The number of sulfonamides is 1. The molecule has 1 aromatic heterocycles. The highest BCUT2D eigenvalue weighted by atomic mass is 35.5. The number of hydrogen-bond acceptors (Lipinski definition) is 6. The van der Waals surface area contributed by atoms with Crippen molar-refractivity contribution in [1.82, 2.24) is 14.9 Å². The summed E-state index contributed by atoms with van der Waals surface area (Å²) in [4.78, 5) is 11.6. The molecule has 21 heavy (non-hydrogen) atoms. The molecule has 1 heterocycles. The van der Waals surface area contributed by atoms with Gasteiger partial charge in [0.25, 0.3) is 0 Å². The van der Waals surface area contributed by atoms with E-state index in [0.29, 0.717) is 10.2 Å². The van der Waals surface area contributed by atoms with Crippen LogP contribution in [0.25, 0.3) is 0 Å². The molecule has 0 aliphatic carbocycles. The molecule has 0 saturated carbocycles. The molecule has 0 bridgehead atoms. The maximum atomic E-state index is 12.0. The largest absolute Gasteiger partial charge is 0.300 e. The molecule has 0 fully saturated rings. The molecule has 0 saturated heterocycles. The summed E-state index contributed by atoms with van der Waals surface area (Å²) in [6, 6.07) is 5.88. The monoisotopic (exact) mass is 346 g/mol. The lowest BCUT2D eigenvalue weighted by Crippen LogP contribution is -2.27. The molecule has 7 nitrogen and oxygen atoms in total. The third kappa shape index (κ3) is 4.74. The first-order valence-corrected chi connectivity index (χ1v) is 8.53.